The van der Waals surface area contributed by atoms with E-state index in [1.807, 2.05) is 0 Å². The van der Waals surface area contributed by atoms with Crippen molar-refractivity contribution in [3.05, 3.63) is 40.7 Å². The van der Waals surface area contributed by atoms with Crippen molar-refractivity contribution in [3.8, 4) is 5.75 Å². The molecule has 5 nitrogen and oxygen atoms in total. The molecule has 0 unspecified atom stereocenters. The fraction of sp³-hybridized carbons (Fsp3) is 0. The van der Waals surface area contributed by atoms with Crippen molar-refractivity contribution in [3.63, 3.8) is 0 Å². The zero-order valence-electron chi connectivity index (χ0n) is 7.80. The van der Waals surface area contributed by atoms with Crippen LogP contribution in [0.1, 0.15) is 32.1 Å². The summed E-state index contributed by atoms with van der Waals surface area (Å²) in [5.41, 5.74) is 0.315. The van der Waals surface area contributed by atoms with Crippen molar-refractivity contribution >= 4 is 23.3 Å². The van der Waals surface area contributed by atoms with Crippen LogP contribution >= 0.6 is 11.7 Å². The zero-order chi connectivity index (χ0) is 11.3. The van der Waals surface area contributed by atoms with Gasteiger partial charge in [0, 0.05) is 5.56 Å². The standard InChI is InChI=1S/C10H4N2O3S/c13-5-3-1-2-4-6(5)10(15)8-7(9(4)14)11-16-12-8/h1-3,13H. The third-order valence-corrected chi connectivity index (χ3v) is 2.96. The molecule has 0 bridgehead atoms. The lowest BCUT2D eigenvalue weighted by atomic mass is 9.89. The van der Waals surface area contributed by atoms with Crippen LogP contribution in [0.4, 0.5) is 0 Å². The van der Waals surface area contributed by atoms with E-state index in [0.29, 0.717) is 0 Å². The second kappa shape index (κ2) is 2.96. The van der Waals surface area contributed by atoms with Gasteiger partial charge in [-0.2, -0.15) is 8.75 Å². The molecule has 0 spiro atoms. The summed E-state index contributed by atoms with van der Waals surface area (Å²) in [6.45, 7) is 0. The van der Waals surface area contributed by atoms with Gasteiger partial charge in [-0.25, -0.2) is 0 Å². The molecule has 0 fully saturated rings. The number of ketones is 2. The third-order valence-electron chi connectivity index (χ3n) is 2.43. The molecule has 16 heavy (non-hydrogen) atoms. The molecule has 0 saturated heterocycles. The van der Waals surface area contributed by atoms with Gasteiger partial charge in [0.1, 0.15) is 5.75 Å². The summed E-state index contributed by atoms with van der Waals surface area (Å²) in [4.78, 5) is 23.8. The van der Waals surface area contributed by atoms with Crippen molar-refractivity contribution in [2.45, 2.75) is 0 Å². The second-order valence-electron chi connectivity index (χ2n) is 3.32. The van der Waals surface area contributed by atoms with Gasteiger partial charge < -0.3 is 5.11 Å². The van der Waals surface area contributed by atoms with E-state index in [0.717, 1.165) is 11.7 Å². The van der Waals surface area contributed by atoms with Gasteiger partial charge in [-0.1, -0.05) is 6.07 Å². The van der Waals surface area contributed by atoms with Gasteiger partial charge in [0.25, 0.3) is 0 Å². The van der Waals surface area contributed by atoms with E-state index < -0.39 is 5.78 Å². The van der Waals surface area contributed by atoms with E-state index in [1.165, 1.54) is 18.2 Å². The summed E-state index contributed by atoms with van der Waals surface area (Å²) in [6.07, 6.45) is 0. The average molecular weight is 232 g/mol. The van der Waals surface area contributed by atoms with E-state index in [2.05, 4.69) is 8.75 Å². The lowest BCUT2D eigenvalue weighted by molar-refractivity contribution is 0.0971. The SMILES string of the molecule is O=C1c2cccc(O)c2C(=O)c2nsnc21. The molecular weight excluding hydrogens is 228 g/mol. The number of hydrogen-bond donors (Lipinski definition) is 1. The molecule has 0 radical (unpaired) electrons. The van der Waals surface area contributed by atoms with Crippen LogP contribution in [0.25, 0.3) is 0 Å². The summed E-state index contributed by atoms with van der Waals surface area (Å²) in [6, 6.07) is 4.39. The molecule has 78 valence electrons. The molecule has 1 heterocycles. The number of rotatable bonds is 0. The average Bonchev–Trinajstić information content (AvgIpc) is 2.75. The van der Waals surface area contributed by atoms with Gasteiger partial charge in [-0.15, -0.1) is 0 Å². The number of carbonyl (C=O) groups excluding carboxylic acids is 2. The monoisotopic (exact) mass is 232 g/mol. The summed E-state index contributed by atoms with van der Waals surface area (Å²) < 4.78 is 7.57. The second-order valence-corrected chi connectivity index (χ2v) is 3.85. The highest BCUT2D eigenvalue weighted by molar-refractivity contribution is 6.99. The Kier molecular flexibility index (Phi) is 1.69. The third kappa shape index (κ3) is 0.989. The lowest BCUT2D eigenvalue weighted by Gasteiger charge is -2.12. The predicted molar refractivity (Wildman–Crippen MR) is 54.9 cm³/mol. The van der Waals surface area contributed by atoms with Crippen molar-refractivity contribution in [1.29, 1.82) is 0 Å². The van der Waals surface area contributed by atoms with Gasteiger partial charge in [0.05, 0.1) is 17.3 Å². The van der Waals surface area contributed by atoms with Crippen LogP contribution in [0.3, 0.4) is 0 Å². The molecule has 0 atom stereocenters. The summed E-state index contributed by atoms with van der Waals surface area (Å²) in [5.74, 6) is -1.01. The number of nitrogens with zero attached hydrogens (tertiary/aromatic N) is 2. The number of phenolic OH excluding ortho intramolecular Hbond substituents is 1. The van der Waals surface area contributed by atoms with Crippen molar-refractivity contribution in [1.82, 2.24) is 8.75 Å². The minimum Gasteiger partial charge on any atom is -0.507 e. The predicted octanol–water partition coefficient (Wildman–Crippen LogP) is 1.02. The summed E-state index contributed by atoms with van der Waals surface area (Å²) >= 11 is 0.816. The summed E-state index contributed by atoms with van der Waals surface area (Å²) in [7, 11) is 0. The zero-order valence-corrected chi connectivity index (χ0v) is 8.61. The maximum absolute atomic E-state index is 11.9. The van der Waals surface area contributed by atoms with Crippen molar-refractivity contribution < 1.29 is 14.7 Å². The molecule has 6 heteroatoms. The fourth-order valence-electron chi connectivity index (χ4n) is 1.70. The van der Waals surface area contributed by atoms with E-state index >= 15 is 0 Å². The van der Waals surface area contributed by atoms with Crippen molar-refractivity contribution in [2.75, 3.05) is 0 Å². The topological polar surface area (TPSA) is 80.1 Å². The van der Waals surface area contributed by atoms with Gasteiger partial charge in [0.15, 0.2) is 11.4 Å². The highest BCUT2D eigenvalue weighted by Crippen LogP contribution is 2.31. The summed E-state index contributed by atoms with van der Waals surface area (Å²) in [5, 5.41) is 9.59. The Morgan fingerprint density at radius 2 is 1.75 bits per heavy atom. The smallest absolute Gasteiger partial charge is 0.219 e. The Morgan fingerprint density at radius 1 is 1.06 bits per heavy atom. The maximum Gasteiger partial charge on any atom is 0.219 e. The van der Waals surface area contributed by atoms with E-state index in [9.17, 15) is 14.7 Å². The first-order valence-electron chi connectivity index (χ1n) is 4.44. The number of benzene rings is 1. The number of hydrogen-bond acceptors (Lipinski definition) is 6. The lowest BCUT2D eigenvalue weighted by Crippen LogP contribution is -2.20. The number of phenols is 1. The number of aromatic nitrogens is 2. The first-order chi connectivity index (χ1) is 7.70. The van der Waals surface area contributed by atoms with Gasteiger partial charge in [0.2, 0.25) is 11.6 Å². The number of aromatic hydroxyl groups is 1. The molecule has 0 amide bonds. The molecule has 0 saturated carbocycles. The molecule has 3 rings (SSSR count). The van der Waals surface area contributed by atoms with Gasteiger partial charge in [-0.05, 0) is 12.1 Å². The van der Waals surface area contributed by atoms with E-state index in [1.54, 1.807) is 0 Å². The van der Waals surface area contributed by atoms with Crippen LogP contribution in [0, 0.1) is 0 Å². The molecule has 1 aliphatic carbocycles. The van der Waals surface area contributed by atoms with Crippen LogP contribution in [0.2, 0.25) is 0 Å². The van der Waals surface area contributed by atoms with Crippen LogP contribution < -0.4 is 0 Å². The van der Waals surface area contributed by atoms with Gasteiger partial charge in [-0.3, -0.25) is 9.59 Å². The molecule has 2 aromatic rings. The first kappa shape index (κ1) is 9.17. The van der Waals surface area contributed by atoms with E-state index in [4.69, 9.17) is 0 Å². The molecule has 1 aromatic carbocycles. The first-order valence-corrected chi connectivity index (χ1v) is 5.17. The molecule has 1 aromatic heterocycles. The van der Waals surface area contributed by atoms with Crippen LogP contribution in [0.5, 0.6) is 5.75 Å². The molecular formula is C10H4N2O3S. The van der Waals surface area contributed by atoms with Gasteiger partial charge >= 0.3 is 0 Å². The Labute approximate surface area is 93.7 Å². The van der Waals surface area contributed by atoms with Crippen molar-refractivity contribution in [2.24, 2.45) is 0 Å². The molecule has 0 aliphatic heterocycles. The number of carbonyl (C=O) groups is 2. The normalized spacial score (nSPS) is 13.5. The van der Waals surface area contributed by atoms with Crippen LogP contribution in [0.15, 0.2) is 18.2 Å². The Balaban J connectivity index is 2.38. The largest absolute Gasteiger partial charge is 0.507 e. The Morgan fingerprint density at radius 3 is 2.50 bits per heavy atom. The van der Waals surface area contributed by atoms with Crippen LogP contribution in [-0.2, 0) is 0 Å². The number of fused-ring (bicyclic) bond motifs is 2. The highest BCUT2D eigenvalue weighted by Gasteiger charge is 2.35. The van der Waals surface area contributed by atoms with E-state index in [-0.39, 0.29) is 34.0 Å². The quantitative estimate of drug-likeness (QED) is 0.625. The minimum absolute atomic E-state index is 0.0210. The fourth-order valence-corrected chi connectivity index (χ4v) is 2.24. The minimum atomic E-state index is -0.448. The van der Waals surface area contributed by atoms with Crippen LogP contribution in [-0.4, -0.2) is 25.4 Å². The highest BCUT2D eigenvalue weighted by atomic mass is 32.1. The maximum atomic E-state index is 11.9. The molecule has 1 aliphatic rings. The Hall–Kier alpha value is -2.08. The molecule has 1 N–H and O–H groups in total. The Bertz CT molecular complexity index is 633.